The third kappa shape index (κ3) is 7.07. The monoisotopic (exact) mass is 526 g/mol. The van der Waals surface area contributed by atoms with Gasteiger partial charge in [-0.2, -0.15) is 0 Å². The average Bonchev–Trinajstić information content (AvgIpc) is 2.93. The molecular weight excluding hydrogens is 484 g/mol. The van der Waals surface area contributed by atoms with Crippen molar-refractivity contribution >= 4 is 5.97 Å². The Bertz CT molecular complexity index is 1250. The highest BCUT2D eigenvalue weighted by Gasteiger charge is 2.35. The van der Waals surface area contributed by atoms with Gasteiger partial charge in [-0.05, 0) is 108 Å². The second kappa shape index (κ2) is 12.8. The minimum Gasteiger partial charge on any atom is -0.482 e. The standard InChI is InChI=1S/C34H42N2O3/c1-34(2)29-18-19-35-25-28(29)33-30(38-32(37)17-12-22-36-20-10-5-11-21-36)23-27(24-31(33)39-34)16-9-4-8-15-26-13-6-3-7-14-26/h3,6-7,13-14,18-19,23-25H,4-5,8-12,15-17,20-22H2,1-2H3. The van der Waals surface area contributed by atoms with Gasteiger partial charge in [0.1, 0.15) is 17.1 Å². The number of ether oxygens (including phenoxy) is 2. The van der Waals surface area contributed by atoms with Gasteiger partial charge in [-0.25, -0.2) is 0 Å². The van der Waals surface area contributed by atoms with E-state index in [-0.39, 0.29) is 5.97 Å². The van der Waals surface area contributed by atoms with Gasteiger partial charge in [0.2, 0.25) is 0 Å². The van der Waals surface area contributed by atoms with E-state index < -0.39 is 5.60 Å². The zero-order valence-corrected chi connectivity index (χ0v) is 23.6. The fourth-order valence-electron chi connectivity index (χ4n) is 5.95. The minimum absolute atomic E-state index is 0.176. The average molecular weight is 527 g/mol. The lowest BCUT2D eigenvalue weighted by molar-refractivity contribution is -0.134. The molecule has 0 unspecified atom stereocenters. The van der Waals surface area contributed by atoms with E-state index in [4.69, 9.17) is 9.47 Å². The van der Waals surface area contributed by atoms with Crippen LogP contribution in [0.3, 0.4) is 0 Å². The molecule has 1 saturated heterocycles. The first-order valence-corrected chi connectivity index (χ1v) is 14.8. The summed E-state index contributed by atoms with van der Waals surface area (Å²) in [6.07, 6.45) is 14.2. The largest absolute Gasteiger partial charge is 0.482 e. The van der Waals surface area contributed by atoms with E-state index in [1.165, 1.54) is 24.8 Å². The number of piperidine rings is 1. The van der Waals surface area contributed by atoms with Crippen molar-refractivity contribution < 1.29 is 14.3 Å². The van der Waals surface area contributed by atoms with Crippen LogP contribution in [0.1, 0.15) is 81.9 Å². The highest BCUT2D eigenvalue weighted by molar-refractivity contribution is 5.84. The molecule has 0 amide bonds. The van der Waals surface area contributed by atoms with Gasteiger partial charge in [0.05, 0.1) is 5.56 Å². The van der Waals surface area contributed by atoms with Gasteiger partial charge in [0.15, 0.2) is 0 Å². The molecule has 39 heavy (non-hydrogen) atoms. The van der Waals surface area contributed by atoms with E-state index in [1.807, 2.05) is 12.3 Å². The van der Waals surface area contributed by atoms with Crippen LogP contribution in [-0.4, -0.2) is 35.5 Å². The third-order valence-electron chi connectivity index (χ3n) is 8.03. The van der Waals surface area contributed by atoms with Crippen molar-refractivity contribution in [1.82, 2.24) is 9.88 Å². The van der Waals surface area contributed by atoms with Crippen molar-refractivity contribution in [3.63, 3.8) is 0 Å². The number of pyridine rings is 1. The maximum Gasteiger partial charge on any atom is 0.311 e. The molecule has 1 aromatic heterocycles. The molecule has 5 rings (SSSR count). The number of aromatic nitrogens is 1. The number of carbonyl (C=O) groups excluding carboxylic acids is 1. The predicted octanol–water partition coefficient (Wildman–Crippen LogP) is 7.50. The van der Waals surface area contributed by atoms with Gasteiger partial charge in [-0.15, -0.1) is 0 Å². The van der Waals surface area contributed by atoms with Crippen molar-refractivity contribution in [2.45, 2.75) is 83.7 Å². The number of esters is 1. The molecule has 2 aliphatic rings. The highest BCUT2D eigenvalue weighted by atomic mass is 16.5. The summed E-state index contributed by atoms with van der Waals surface area (Å²) in [6, 6.07) is 16.9. The lowest BCUT2D eigenvalue weighted by atomic mass is 9.86. The summed E-state index contributed by atoms with van der Waals surface area (Å²) < 4.78 is 12.6. The van der Waals surface area contributed by atoms with E-state index >= 15 is 0 Å². The molecule has 0 spiro atoms. The summed E-state index contributed by atoms with van der Waals surface area (Å²) in [5.74, 6) is 1.20. The summed E-state index contributed by atoms with van der Waals surface area (Å²) in [5, 5.41) is 0. The predicted molar refractivity (Wildman–Crippen MR) is 156 cm³/mol. The molecule has 3 aromatic rings. The number of unbranched alkanes of at least 4 members (excludes halogenated alkanes) is 2. The van der Waals surface area contributed by atoms with Crippen LogP contribution < -0.4 is 9.47 Å². The molecule has 206 valence electrons. The maximum absolute atomic E-state index is 13.0. The van der Waals surface area contributed by atoms with Crippen LogP contribution in [0.4, 0.5) is 0 Å². The van der Waals surface area contributed by atoms with Crippen LogP contribution in [-0.2, 0) is 23.2 Å². The molecule has 0 N–H and O–H groups in total. The van der Waals surface area contributed by atoms with Crippen LogP contribution in [0.5, 0.6) is 11.5 Å². The molecule has 3 heterocycles. The molecule has 1 fully saturated rings. The number of benzene rings is 2. The first-order valence-electron chi connectivity index (χ1n) is 14.8. The van der Waals surface area contributed by atoms with Gasteiger partial charge in [-0.3, -0.25) is 9.78 Å². The molecule has 0 saturated carbocycles. The fraction of sp³-hybridized carbons (Fsp3) is 0.471. The second-order valence-electron chi connectivity index (χ2n) is 11.5. The third-order valence-corrected chi connectivity index (χ3v) is 8.03. The second-order valence-corrected chi connectivity index (χ2v) is 11.5. The Kier molecular flexibility index (Phi) is 8.98. The van der Waals surface area contributed by atoms with Crippen molar-refractivity contribution in [2.24, 2.45) is 0 Å². The van der Waals surface area contributed by atoms with Gasteiger partial charge in [0, 0.05) is 29.9 Å². The molecule has 0 radical (unpaired) electrons. The smallest absolute Gasteiger partial charge is 0.311 e. The lowest BCUT2D eigenvalue weighted by Crippen LogP contribution is -2.31. The number of aryl methyl sites for hydroxylation is 2. The summed E-state index contributed by atoms with van der Waals surface area (Å²) >= 11 is 0. The van der Waals surface area contributed by atoms with Crippen molar-refractivity contribution in [1.29, 1.82) is 0 Å². The van der Waals surface area contributed by atoms with Crippen LogP contribution in [0, 0.1) is 0 Å². The molecule has 2 aromatic carbocycles. The molecule has 5 nitrogen and oxygen atoms in total. The number of hydrogen-bond acceptors (Lipinski definition) is 5. The molecule has 0 aliphatic carbocycles. The van der Waals surface area contributed by atoms with Crippen molar-refractivity contribution in [3.8, 4) is 22.6 Å². The van der Waals surface area contributed by atoms with Crippen LogP contribution in [0.25, 0.3) is 11.1 Å². The minimum atomic E-state index is -0.491. The summed E-state index contributed by atoms with van der Waals surface area (Å²) in [7, 11) is 0. The summed E-state index contributed by atoms with van der Waals surface area (Å²) in [4.78, 5) is 19.9. The molecule has 2 aliphatic heterocycles. The molecule has 5 heteroatoms. The number of likely N-dealkylation sites (tertiary alicyclic amines) is 1. The normalized spacial score (nSPS) is 16.2. The van der Waals surface area contributed by atoms with E-state index in [1.54, 1.807) is 6.20 Å². The van der Waals surface area contributed by atoms with Gasteiger partial charge in [-0.1, -0.05) is 43.2 Å². The lowest BCUT2D eigenvalue weighted by Gasteiger charge is -2.35. The SMILES string of the molecule is CC1(C)Oc2cc(CCCCCc3ccccc3)cc(OC(=O)CCCN3CCCCC3)c2-c2cnccc21. The zero-order valence-electron chi connectivity index (χ0n) is 23.6. The molecule has 0 atom stereocenters. The van der Waals surface area contributed by atoms with E-state index in [0.717, 1.165) is 86.2 Å². The Hall–Kier alpha value is -3.18. The van der Waals surface area contributed by atoms with E-state index in [2.05, 4.69) is 66.2 Å². The van der Waals surface area contributed by atoms with Crippen LogP contribution >= 0.6 is 0 Å². The quantitative estimate of drug-likeness (QED) is 0.147. The Morgan fingerprint density at radius 3 is 2.51 bits per heavy atom. The Morgan fingerprint density at radius 2 is 1.72 bits per heavy atom. The molecular formula is C34H42N2O3. The van der Waals surface area contributed by atoms with Crippen molar-refractivity contribution in [2.75, 3.05) is 19.6 Å². The maximum atomic E-state index is 13.0. The summed E-state index contributed by atoms with van der Waals surface area (Å²) in [5.41, 5.74) is 4.93. The first kappa shape index (κ1) is 27.4. The Balaban J connectivity index is 1.29. The number of nitrogens with zero attached hydrogens (tertiary/aromatic N) is 2. The first-order chi connectivity index (χ1) is 19.0. The number of carbonyl (C=O) groups is 1. The number of hydrogen-bond donors (Lipinski definition) is 0. The Labute approximate surface area is 233 Å². The van der Waals surface area contributed by atoms with E-state index in [9.17, 15) is 4.79 Å². The highest BCUT2D eigenvalue weighted by Crippen LogP contribution is 2.49. The summed E-state index contributed by atoms with van der Waals surface area (Å²) in [6.45, 7) is 7.41. The number of fused-ring (bicyclic) bond motifs is 3. The van der Waals surface area contributed by atoms with Gasteiger partial charge >= 0.3 is 5.97 Å². The van der Waals surface area contributed by atoms with Gasteiger partial charge in [0.25, 0.3) is 0 Å². The number of rotatable bonds is 11. The van der Waals surface area contributed by atoms with E-state index in [0.29, 0.717) is 12.2 Å². The van der Waals surface area contributed by atoms with Crippen molar-refractivity contribution in [3.05, 3.63) is 77.6 Å². The molecule has 0 bridgehead atoms. The topological polar surface area (TPSA) is 51.7 Å². The fourth-order valence-corrected chi connectivity index (χ4v) is 5.95. The van der Waals surface area contributed by atoms with Crippen LogP contribution in [0.15, 0.2) is 60.9 Å². The Morgan fingerprint density at radius 1 is 0.949 bits per heavy atom. The van der Waals surface area contributed by atoms with Crippen LogP contribution in [0.2, 0.25) is 0 Å². The zero-order chi connectivity index (χ0) is 27.1. The van der Waals surface area contributed by atoms with Gasteiger partial charge < -0.3 is 14.4 Å².